The normalized spacial score (nSPS) is 29.4. The fourth-order valence-electron chi connectivity index (χ4n) is 4.16. The van der Waals surface area contributed by atoms with Gasteiger partial charge in [0.25, 0.3) is 0 Å². The van der Waals surface area contributed by atoms with Gasteiger partial charge in [0.05, 0.1) is 13.2 Å². The zero-order valence-electron chi connectivity index (χ0n) is 19.4. The molecular weight excluding hydrogens is 408 g/mol. The van der Waals surface area contributed by atoms with Gasteiger partial charge in [-0.25, -0.2) is 0 Å². The third kappa shape index (κ3) is 4.76. The standard InChI is InChI=1S/C26H34O6/c1-15-6-7-18(12-16(15)2)25-30-21-14-29-24(32-23(21)22(31-25)20(28)13-27)17-8-10-19(11-9-17)26(3,4)5/h6-12,20-25,27-28H,13-14H2,1-5H3/t20-,21+,22-,23-,24?,25?/m1/s1. The molecule has 2 aromatic rings. The fourth-order valence-corrected chi connectivity index (χ4v) is 4.16. The number of fused-ring (bicyclic) bond motifs is 1. The maximum Gasteiger partial charge on any atom is 0.184 e. The molecule has 0 aliphatic carbocycles. The Morgan fingerprint density at radius 1 is 0.906 bits per heavy atom. The van der Waals surface area contributed by atoms with E-state index in [-0.39, 0.29) is 5.41 Å². The first-order valence-corrected chi connectivity index (χ1v) is 11.2. The van der Waals surface area contributed by atoms with E-state index in [9.17, 15) is 10.2 Å². The van der Waals surface area contributed by atoms with Gasteiger partial charge in [-0.15, -0.1) is 0 Å². The van der Waals surface area contributed by atoms with Gasteiger partial charge in [-0.2, -0.15) is 0 Å². The molecule has 6 heteroatoms. The molecule has 2 aliphatic rings. The summed E-state index contributed by atoms with van der Waals surface area (Å²) in [6.45, 7) is 10.5. The van der Waals surface area contributed by atoms with Gasteiger partial charge in [-0.1, -0.05) is 63.2 Å². The highest BCUT2D eigenvalue weighted by molar-refractivity contribution is 5.31. The molecule has 4 rings (SSSR count). The second-order valence-corrected chi connectivity index (χ2v) is 9.84. The molecule has 2 fully saturated rings. The SMILES string of the molecule is Cc1ccc(C2O[C@H]([C@H](O)CO)[C@@H]3OC(c4ccc(C(C)(C)C)cc4)OC[C@@H]3O2)cc1C. The molecule has 0 saturated carbocycles. The van der Waals surface area contributed by atoms with Crippen LogP contribution in [0.4, 0.5) is 0 Å². The first kappa shape index (κ1) is 23.4. The van der Waals surface area contributed by atoms with Crippen molar-refractivity contribution >= 4 is 0 Å². The molecular formula is C26H34O6. The maximum atomic E-state index is 10.5. The maximum absolute atomic E-state index is 10.5. The number of rotatable bonds is 4. The molecule has 174 valence electrons. The van der Waals surface area contributed by atoms with Gasteiger partial charge in [0.15, 0.2) is 12.6 Å². The van der Waals surface area contributed by atoms with Crippen molar-refractivity contribution in [3.8, 4) is 0 Å². The third-order valence-corrected chi connectivity index (χ3v) is 6.38. The lowest BCUT2D eigenvalue weighted by Crippen LogP contribution is -2.58. The molecule has 2 saturated heterocycles. The van der Waals surface area contributed by atoms with Crippen LogP contribution in [0.15, 0.2) is 42.5 Å². The average Bonchev–Trinajstić information content (AvgIpc) is 2.78. The fraction of sp³-hybridized carbons (Fsp3) is 0.538. The van der Waals surface area contributed by atoms with Crippen molar-refractivity contribution in [2.24, 2.45) is 0 Å². The highest BCUT2D eigenvalue weighted by atomic mass is 16.8. The van der Waals surface area contributed by atoms with Crippen molar-refractivity contribution in [1.29, 1.82) is 0 Å². The van der Waals surface area contributed by atoms with E-state index in [0.717, 1.165) is 16.7 Å². The number of benzene rings is 2. The van der Waals surface area contributed by atoms with E-state index in [1.807, 2.05) is 44.2 Å². The first-order valence-electron chi connectivity index (χ1n) is 11.2. The molecule has 6 nitrogen and oxygen atoms in total. The van der Waals surface area contributed by atoms with Crippen molar-refractivity contribution in [2.45, 2.75) is 77.0 Å². The van der Waals surface area contributed by atoms with E-state index in [1.54, 1.807) is 0 Å². The van der Waals surface area contributed by atoms with Crippen molar-refractivity contribution in [3.63, 3.8) is 0 Å². The smallest absolute Gasteiger partial charge is 0.184 e. The molecule has 0 aromatic heterocycles. The first-order chi connectivity index (χ1) is 15.2. The minimum Gasteiger partial charge on any atom is -0.394 e. The monoisotopic (exact) mass is 442 g/mol. The Kier molecular flexibility index (Phi) is 6.73. The lowest BCUT2D eigenvalue weighted by molar-refractivity contribution is -0.373. The topological polar surface area (TPSA) is 77.4 Å². The van der Waals surface area contributed by atoms with Crippen LogP contribution in [-0.4, -0.2) is 47.8 Å². The average molecular weight is 443 g/mol. The second kappa shape index (κ2) is 9.21. The molecule has 2 N–H and O–H groups in total. The predicted octanol–water partition coefficient (Wildman–Crippen LogP) is 3.85. The van der Waals surface area contributed by atoms with Crippen LogP contribution in [0.3, 0.4) is 0 Å². The number of aliphatic hydroxyl groups excluding tert-OH is 2. The quantitative estimate of drug-likeness (QED) is 0.749. The Hall–Kier alpha value is -1.80. The Morgan fingerprint density at radius 3 is 2.22 bits per heavy atom. The van der Waals surface area contributed by atoms with Crippen molar-refractivity contribution in [3.05, 3.63) is 70.3 Å². The molecule has 2 unspecified atom stereocenters. The van der Waals surface area contributed by atoms with Crippen LogP contribution in [0, 0.1) is 13.8 Å². The molecule has 0 amide bonds. The van der Waals surface area contributed by atoms with Gasteiger partial charge >= 0.3 is 0 Å². The van der Waals surface area contributed by atoms with Gasteiger partial charge in [-0.05, 0) is 36.0 Å². The Balaban J connectivity index is 1.54. The van der Waals surface area contributed by atoms with Crippen molar-refractivity contribution in [2.75, 3.05) is 13.2 Å². The van der Waals surface area contributed by atoms with Crippen LogP contribution in [-0.2, 0) is 24.4 Å². The zero-order chi connectivity index (χ0) is 23.0. The van der Waals surface area contributed by atoms with E-state index >= 15 is 0 Å². The molecule has 2 heterocycles. The van der Waals surface area contributed by atoms with Gasteiger partial charge in [0.2, 0.25) is 0 Å². The minimum atomic E-state index is -1.09. The largest absolute Gasteiger partial charge is 0.394 e. The molecule has 6 atom stereocenters. The Labute approximate surface area is 190 Å². The molecule has 0 bridgehead atoms. The van der Waals surface area contributed by atoms with Crippen molar-refractivity contribution < 1.29 is 29.2 Å². The van der Waals surface area contributed by atoms with Crippen LogP contribution in [0.25, 0.3) is 0 Å². The van der Waals surface area contributed by atoms with Crippen LogP contribution in [0.5, 0.6) is 0 Å². The number of aliphatic hydroxyl groups is 2. The number of hydrogen-bond donors (Lipinski definition) is 2. The van der Waals surface area contributed by atoms with E-state index in [0.29, 0.717) is 6.61 Å². The highest BCUT2D eigenvalue weighted by Gasteiger charge is 2.48. The predicted molar refractivity (Wildman–Crippen MR) is 120 cm³/mol. The summed E-state index contributed by atoms with van der Waals surface area (Å²) in [4.78, 5) is 0. The number of aryl methyl sites for hydroxylation is 2. The van der Waals surface area contributed by atoms with Gasteiger partial charge in [0.1, 0.15) is 24.4 Å². The summed E-state index contributed by atoms with van der Waals surface area (Å²) in [5, 5.41) is 20.2. The van der Waals surface area contributed by atoms with E-state index in [2.05, 4.69) is 32.9 Å². The van der Waals surface area contributed by atoms with Crippen LogP contribution < -0.4 is 0 Å². The van der Waals surface area contributed by atoms with E-state index in [4.69, 9.17) is 18.9 Å². The summed E-state index contributed by atoms with van der Waals surface area (Å²) in [7, 11) is 0. The van der Waals surface area contributed by atoms with Crippen LogP contribution in [0.1, 0.15) is 61.2 Å². The summed E-state index contributed by atoms with van der Waals surface area (Å²) in [6, 6.07) is 14.2. The summed E-state index contributed by atoms with van der Waals surface area (Å²) in [5.41, 5.74) is 5.35. The summed E-state index contributed by atoms with van der Waals surface area (Å²) < 4.78 is 24.5. The Bertz CT molecular complexity index is 919. The van der Waals surface area contributed by atoms with Crippen LogP contribution in [0.2, 0.25) is 0 Å². The summed E-state index contributed by atoms with van der Waals surface area (Å²) >= 11 is 0. The van der Waals surface area contributed by atoms with E-state index < -0.39 is 43.6 Å². The van der Waals surface area contributed by atoms with Crippen LogP contribution >= 0.6 is 0 Å². The summed E-state index contributed by atoms with van der Waals surface area (Å²) in [5.74, 6) is 0. The van der Waals surface area contributed by atoms with Crippen molar-refractivity contribution in [1.82, 2.24) is 0 Å². The summed E-state index contributed by atoms with van der Waals surface area (Å²) in [6.07, 6.45) is -4.10. The molecule has 2 aliphatic heterocycles. The highest BCUT2D eigenvalue weighted by Crippen LogP contribution is 2.39. The van der Waals surface area contributed by atoms with E-state index in [1.165, 1.54) is 11.1 Å². The molecule has 32 heavy (non-hydrogen) atoms. The molecule has 0 spiro atoms. The van der Waals surface area contributed by atoms with Gasteiger partial charge in [0, 0.05) is 11.1 Å². The molecule has 0 radical (unpaired) electrons. The minimum absolute atomic E-state index is 0.0582. The van der Waals surface area contributed by atoms with Gasteiger partial charge < -0.3 is 29.2 Å². The van der Waals surface area contributed by atoms with Gasteiger partial charge in [-0.3, -0.25) is 0 Å². The molecule has 2 aromatic carbocycles. The lowest BCUT2D eigenvalue weighted by Gasteiger charge is -2.47. The zero-order valence-corrected chi connectivity index (χ0v) is 19.4. The lowest BCUT2D eigenvalue weighted by atomic mass is 9.86. The third-order valence-electron chi connectivity index (χ3n) is 6.38. The number of hydrogen-bond acceptors (Lipinski definition) is 6. The Morgan fingerprint density at radius 2 is 1.59 bits per heavy atom. The number of ether oxygens (including phenoxy) is 4. The second-order valence-electron chi connectivity index (χ2n) is 9.84.